The molecule has 5 nitrogen and oxygen atoms in total. The molecule has 0 spiro atoms. The molecule has 23 heavy (non-hydrogen) atoms. The summed E-state index contributed by atoms with van der Waals surface area (Å²) >= 11 is 0. The Morgan fingerprint density at radius 2 is 1.48 bits per heavy atom. The van der Waals surface area contributed by atoms with Crippen LogP contribution >= 0.6 is 0 Å². The highest BCUT2D eigenvalue weighted by atomic mass is 32.2. The summed E-state index contributed by atoms with van der Waals surface area (Å²) in [6.45, 7) is 0. The van der Waals surface area contributed by atoms with Gasteiger partial charge in [-0.1, -0.05) is 6.07 Å². The number of sulfone groups is 1. The molecule has 2 bridgehead atoms. The zero-order valence-electron chi connectivity index (χ0n) is 12.4. The number of piperidine rings is 1. The minimum atomic E-state index is -4.34. The van der Waals surface area contributed by atoms with Gasteiger partial charge in [-0.3, -0.25) is 0 Å². The topological polar surface area (TPSA) is 71.5 Å². The van der Waals surface area contributed by atoms with Gasteiger partial charge in [0.1, 0.15) is 21.5 Å². The van der Waals surface area contributed by atoms with Crippen molar-refractivity contribution in [3.63, 3.8) is 0 Å². The molecule has 0 aromatic heterocycles. The van der Waals surface area contributed by atoms with Gasteiger partial charge < -0.3 is 0 Å². The van der Waals surface area contributed by atoms with E-state index < -0.39 is 53.7 Å². The number of halogens is 2. The summed E-state index contributed by atoms with van der Waals surface area (Å²) in [4.78, 5) is -0.949. The predicted octanol–water partition coefficient (Wildman–Crippen LogP) is 1.69. The normalized spacial score (nSPS) is 28.9. The van der Waals surface area contributed by atoms with E-state index in [0.717, 1.165) is 28.8 Å². The molecule has 0 saturated carbocycles. The first kappa shape index (κ1) is 16.8. The van der Waals surface area contributed by atoms with Crippen LogP contribution in [0.25, 0.3) is 0 Å². The Hall–Kier alpha value is -1.06. The molecular formula is C14H17F2NO4S2. The molecule has 0 N–H and O–H groups in total. The molecule has 2 aliphatic heterocycles. The van der Waals surface area contributed by atoms with Crippen molar-refractivity contribution in [2.75, 3.05) is 6.26 Å². The predicted molar refractivity (Wildman–Crippen MR) is 80.1 cm³/mol. The first-order valence-corrected chi connectivity index (χ1v) is 10.7. The Morgan fingerprint density at radius 1 is 1.00 bits per heavy atom. The Morgan fingerprint density at radius 3 is 1.91 bits per heavy atom. The third-order valence-electron chi connectivity index (χ3n) is 4.68. The molecule has 2 fully saturated rings. The molecule has 2 heterocycles. The van der Waals surface area contributed by atoms with E-state index in [0.29, 0.717) is 12.8 Å². The summed E-state index contributed by atoms with van der Waals surface area (Å²) in [6, 6.07) is 1.85. The highest BCUT2D eigenvalue weighted by Crippen LogP contribution is 2.42. The minimum absolute atomic E-state index is 0.171. The largest absolute Gasteiger partial charge is 0.249 e. The minimum Gasteiger partial charge on any atom is -0.229 e. The number of benzene rings is 1. The number of hydrogen-bond acceptors (Lipinski definition) is 4. The molecule has 0 aliphatic carbocycles. The number of rotatable bonds is 3. The van der Waals surface area contributed by atoms with Crippen molar-refractivity contribution in [3.8, 4) is 0 Å². The summed E-state index contributed by atoms with van der Waals surface area (Å²) < 4.78 is 77.9. The van der Waals surface area contributed by atoms with E-state index in [1.54, 1.807) is 0 Å². The Kier molecular flexibility index (Phi) is 4.01. The van der Waals surface area contributed by atoms with Crippen LogP contribution in [0.15, 0.2) is 23.1 Å². The van der Waals surface area contributed by atoms with Gasteiger partial charge in [-0.2, -0.15) is 4.31 Å². The third kappa shape index (κ3) is 2.78. The Labute approximate surface area is 134 Å². The molecule has 128 valence electrons. The lowest BCUT2D eigenvalue weighted by Crippen LogP contribution is -2.49. The second kappa shape index (κ2) is 5.49. The fraction of sp³-hybridized carbons (Fsp3) is 0.571. The van der Waals surface area contributed by atoms with Crippen molar-refractivity contribution in [1.82, 2.24) is 4.31 Å². The molecule has 9 heteroatoms. The molecule has 2 saturated heterocycles. The van der Waals surface area contributed by atoms with Crippen molar-refractivity contribution >= 4 is 19.9 Å². The van der Waals surface area contributed by atoms with Crippen LogP contribution in [0.1, 0.15) is 25.7 Å². The fourth-order valence-corrected chi connectivity index (χ4v) is 6.81. The van der Waals surface area contributed by atoms with Crippen molar-refractivity contribution in [3.05, 3.63) is 29.8 Å². The maximum Gasteiger partial charge on any atom is 0.249 e. The van der Waals surface area contributed by atoms with E-state index in [4.69, 9.17) is 0 Å². The summed E-state index contributed by atoms with van der Waals surface area (Å²) in [5.41, 5.74) is 0. The molecule has 0 amide bonds. The van der Waals surface area contributed by atoms with E-state index in [1.807, 2.05) is 0 Å². The van der Waals surface area contributed by atoms with Crippen LogP contribution in [0.2, 0.25) is 0 Å². The number of nitrogens with zero attached hydrogens (tertiary/aromatic N) is 1. The van der Waals surface area contributed by atoms with Crippen LogP contribution in [-0.4, -0.2) is 44.7 Å². The molecule has 1 aromatic carbocycles. The van der Waals surface area contributed by atoms with Crippen LogP contribution in [0, 0.1) is 11.6 Å². The van der Waals surface area contributed by atoms with Gasteiger partial charge in [0.25, 0.3) is 0 Å². The van der Waals surface area contributed by atoms with Crippen LogP contribution in [0.3, 0.4) is 0 Å². The van der Waals surface area contributed by atoms with Crippen molar-refractivity contribution in [2.24, 2.45) is 0 Å². The van der Waals surface area contributed by atoms with Crippen molar-refractivity contribution < 1.29 is 25.6 Å². The van der Waals surface area contributed by atoms with Crippen LogP contribution < -0.4 is 0 Å². The van der Waals surface area contributed by atoms with E-state index in [9.17, 15) is 25.6 Å². The van der Waals surface area contributed by atoms with E-state index in [-0.39, 0.29) is 12.8 Å². The van der Waals surface area contributed by atoms with Gasteiger partial charge in [0.05, 0.1) is 5.25 Å². The zero-order chi connectivity index (χ0) is 17.0. The lowest BCUT2D eigenvalue weighted by Gasteiger charge is -2.37. The van der Waals surface area contributed by atoms with Gasteiger partial charge in [0.15, 0.2) is 4.90 Å². The average molecular weight is 365 g/mol. The summed E-state index contributed by atoms with van der Waals surface area (Å²) in [5, 5.41) is -0.600. The first-order chi connectivity index (χ1) is 10.6. The van der Waals surface area contributed by atoms with Gasteiger partial charge in [0, 0.05) is 18.3 Å². The highest BCUT2D eigenvalue weighted by molar-refractivity contribution is 7.91. The van der Waals surface area contributed by atoms with Crippen molar-refractivity contribution in [1.29, 1.82) is 0 Å². The fourth-order valence-electron chi connectivity index (χ4n) is 3.66. The lowest BCUT2D eigenvalue weighted by atomic mass is 10.1. The molecule has 2 aliphatic rings. The molecule has 1 aromatic rings. The quantitative estimate of drug-likeness (QED) is 0.817. The van der Waals surface area contributed by atoms with Gasteiger partial charge in [-0.15, -0.1) is 0 Å². The highest BCUT2D eigenvalue weighted by Gasteiger charge is 2.50. The van der Waals surface area contributed by atoms with Gasteiger partial charge in [0.2, 0.25) is 10.0 Å². The number of sulfonamides is 1. The summed E-state index contributed by atoms with van der Waals surface area (Å²) in [5.74, 6) is -2.26. The molecule has 0 radical (unpaired) electrons. The number of hydrogen-bond donors (Lipinski definition) is 0. The molecule has 2 unspecified atom stereocenters. The summed E-state index contributed by atoms with van der Waals surface area (Å²) in [7, 11) is -7.61. The maximum atomic E-state index is 13.9. The molecule has 3 rings (SSSR count). The number of fused-ring (bicyclic) bond motifs is 2. The second-order valence-electron chi connectivity index (χ2n) is 6.19. The molecular weight excluding hydrogens is 348 g/mol. The monoisotopic (exact) mass is 365 g/mol. The zero-order valence-corrected chi connectivity index (χ0v) is 14.1. The van der Waals surface area contributed by atoms with Gasteiger partial charge in [-0.25, -0.2) is 25.6 Å². The first-order valence-electron chi connectivity index (χ1n) is 7.29. The maximum absolute atomic E-state index is 13.9. The van der Waals surface area contributed by atoms with Crippen molar-refractivity contribution in [2.45, 2.75) is 47.9 Å². The lowest BCUT2D eigenvalue weighted by molar-refractivity contribution is 0.247. The smallest absolute Gasteiger partial charge is 0.229 e. The van der Waals surface area contributed by atoms with Crippen LogP contribution in [-0.2, 0) is 19.9 Å². The van der Waals surface area contributed by atoms with E-state index >= 15 is 0 Å². The Balaban J connectivity index is 2.00. The van der Waals surface area contributed by atoms with Crippen LogP contribution in [0.5, 0.6) is 0 Å². The Bertz CT molecular complexity index is 804. The summed E-state index contributed by atoms with van der Waals surface area (Å²) in [6.07, 6.45) is 2.49. The van der Waals surface area contributed by atoms with Gasteiger partial charge >= 0.3 is 0 Å². The third-order valence-corrected chi connectivity index (χ3v) is 8.34. The van der Waals surface area contributed by atoms with E-state index in [2.05, 4.69) is 0 Å². The standard InChI is InChI=1S/C14H17F2NO4S2/c1-22(18,19)11-7-9-5-6-10(8-11)17(9)23(20,21)14-12(15)3-2-4-13(14)16/h2-4,9-11H,5-8H2,1H3. The molecule has 2 atom stereocenters. The van der Waals surface area contributed by atoms with Crippen LogP contribution in [0.4, 0.5) is 8.78 Å². The van der Waals surface area contributed by atoms with Gasteiger partial charge in [-0.05, 0) is 37.8 Å². The average Bonchev–Trinajstić information content (AvgIpc) is 2.69. The SMILES string of the molecule is CS(=O)(=O)C1CC2CCC(C1)N2S(=O)(=O)c1c(F)cccc1F. The second-order valence-corrected chi connectivity index (χ2v) is 10.3. The van der Waals surface area contributed by atoms with E-state index in [1.165, 1.54) is 0 Å².